The van der Waals surface area contributed by atoms with Crippen molar-refractivity contribution in [3.05, 3.63) is 29.3 Å². The molecule has 0 atom stereocenters. The normalized spacial score (nSPS) is 17.9. The molecule has 1 aliphatic rings. The molecule has 0 N–H and O–H groups in total. The molecule has 0 heterocycles. The highest BCUT2D eigenvalue weighted by atomic mass is 32.2. The number of hydrogen-bond acceptors (Lipinski definition) is 4. The Morgan fingerprint density at radius 1 is 1.00 bits per heavy atom. The van der Waals surface area contributed by atoms with Gasteiger partial charge in [-0.3, -0.25) is 0 Å². The molecule has 6 heteroatoms. The summed E-state index contributed by atoms with van der Waals surface area (Å²) in [5.41, 5.74) is 1.41. The molecular formula is C14H20O4S2. The highest BCUT2D eigenvalue weighted by molar-refractivity contribution is 7.92. The van der Waals surface area contributed by atoms with Crippen LogP contribution in [0.1, 0.15) is 24.0 Å². The fourth-order valence-corrected chi connectivity index (χ4v) is 6.08. The van der Waals surface area contributed by atoms with E-state index in [1.165, 1.54) is 0 Å². The average Bonchev–Trinajstić information content (AvgIpc) is 2.97. The summed E-state index contributed by atoms with van der Waals surface area (Å²) < 4.78 is 47.7. The van der Waals surface area contributed by atoms with Crippen molar-refractivity contribution in [2.75, 3.05) is 17.8 Å². The maximum atomic E-state index is 12.4. The van der Waals surface area contributed by atoms with Crippen LogP contribution in [0.4, 0.5) is 0 Å². The van der Waals surface area contributed by atoms with E-state index < -0.39 is 25.1 Å². The van der Waals surface area contributed by atoms with E-state index in [9.17, 15) is 16.8 Å². The minimum atomic E-state index is -3.43. The molecular weight excluding hydrogens is 296 g/mol. The van der Waals surface area contributed by atoms with Crippen LogP contribution < -0.4 is 0 Å². The Kier molecular flexibility index (Phi) is 3.75. The van der Waals surface area contributed by atoms with Crippen molar-refractivity contribution >= 4 is 19.7 Å². The summed E-state index contributed by atoms with van der Waals surface area (Å²) in [7, 11) is -6.58. The lowest BCUT2D eigenvalue weighted by molar-refractivity contribution is 0.554. The number of benzene rings is 1. The topological polar surface area (TPSA) is 68.3 Å². The third-order valence-corrected chi connectivity index (χ3v) is 6.96. The molecule has 4 nitrogen and oxygen atoms in total. The van der Waals surface area contributed by atoms with E-state index in [2.05, 4.69) is 0 Å². The standard InChI is InChI=1S/C14H20O4S2/c1-11-4-5-13(8-12(11)2)20(17,18)10-14(6-7-14)9-19(3,15)16/h4-5,8H,6-7,9-10H2,1-3H3. The summed E-state index contributed by atoms with van der Waals surface area (Å²) in [6.45, 7) is 3.80. The van der Waals surface area contributed by atoms with E-state index >= 15 is 0 Å². The number of rotatable bonds is 5. The predicted octanol–water partition coefficient (Wildman–Crippen LogP) is 1.90. The minimum Gasteiger partial charge on any atom is -0.229 e. The first-order valence-electron chi connectivity index (χ1n) is 6.51. The Labute approximate surface area is 121 Å². The fraction of sp³-hybridized carbons (Fsp3) is 0.571. The molecule has 0 saturated heterocycles. The van der Waals surface area contributed by atoms with Gasteiger partial charge in [0.1, 0.15) is 9.84 Å². The van der Waals surface area contributed by atoms with Crippen LogP contribution in [0.2, 0.25) is 0 Å². The zero-order valence-corrected chi connectivity index (χ0v) is 13.6. The van der Waals surface area contributed by atoms with Crippen molar-refractivity contribution < 1.29 is 16.8 Å². The van der Waals surface area contributed by atoms with Gasteiger partial charge in [-0.2, -0.15) is 0 Å². The molecule has 0 radical (unpaired) electrons. The Bertz CT molecular complexity index is 726. The van der Waals surface area contributed by atoms with Gasteiger partial charge in [0.05, 0.1) is 16.4 Å². The van der Waals surface area contributed by atoms with Crippen molar-refractivity contribution in [2.24, 2.45) is 5.41 Å². The van der Waals surface area contributed by atoms with Gasteiger partial charge in [0.2, 0.25) is 0 Å². The zero-order chi connectivity index (χ0) is 15.2. The van der Waals surface area contributed by atoms with E-state index in [1.54, 1.807) is 18.2 Å². The molecule has 1 aromatic rings. The van der Waals surface area contributed by atoms with E-state index in [0.29, 0.717) is 17.7 Å². The summed E-state index contributed by atoms with van der Waals surface area (Å²) in [6.07, 6.45) is 2.50. The summed E-state index contributed by atoms with van der Waals surface area (Å²) in [4.78, 5) is 0.292. The van der Waals surface area contributed by atoms with Crippen LogP contribution in [0.15, 0.2) is 23.1 Å². The first-order chi connectivity index (χ1) is 9.03. The van der Waals surface area contributed by atoms with E-state index in [1.807, 2.05) is 13.8 Å². The molecule has 20 heavy (non-hydrogen) atoms. The van der Waals surface area contributed by atoms with Crippen molar-refractivity contribution in [3.8, 4) is 0 Å². The quantitative estimate of drug-likeness (QED) is 0.832. The summed E-state index contributed by atoms with van der Waals surface area (Å²) in [6, 6.07) is 5.06. The summed E-state index contributed by atoms with van der Waals surface area (Å²) in [5, 5.41) is 0. The van der Waals surface area contributed by atoms with Crippen LogP contribution in [0.5, 0.6) is 0 Å². The van der Waals surface area contributed by atoms with Gasteiger partial charge >= 0.3 is 0 Å². The lowest BCUT2D eigenvalue weighted by atomic mass is 10.1. The van der Waals surface area contributed by atoms with Gasteiger partial charge in [-0.05, 0) is 55.4 Å². The van der Waals surface area contributed by atoms with Crippen LogP contribution in [-0.4, -0.2) is 34.6 Å². The number of aryl methyl sites for hydroxylation is 2. The van der Waals surface area contributed by atoms with Gasteiger partial charge in [-0.15, -0.1) is 0 Å². The Balaban J connectivity index is 2.26. The number of sulfone groups is 2. The van der Waals surface area contributed by atoms with Gasteiger partial charge in [0.15, 0.2) is 9.84 Å². The van der Waals surface area contributed by atoms with E-state index in [0.717, 1.165) is 17.4 Å². The monoisotopic (exact) mass is 316 g/mol. The molecule has 0 aromatic heterocycles. The Morgan fingerprint density at radius 3 is 2.05 bits per heavy atom. The van der Waals surface area contributed by atoms with Gasteiger partial charge in [0.25, 0.3) is 0 Å². The van der Waals surface area contributed by atoms with Crippen molar-refractivity contribution in [1.29, 1.82) is 0 Å². The van der Waals surface area contributed by atoms with Gasteiger partial charge in [0, 0.05) is 6.26 Å². The third-order valence-electron chi connectivity index (χ3n) is 3.86. The summed E-state index contributed by atoms with van der Waals surface area (Å²) in [5.74, 6) is -0.111. The highest BCUT2D eigenvalue weighted by Crippen LogP contribution is 2.48. The molecule has 1 fully saturated rings. The van der Waals surface area contributed by atoms with Crippen LogP contribution in [0.3, 0.4) is 0 Å². The number of hydrogen-bond donors (Lipinski definition) is 0. The highest BCUT2D eigenvalue weighted by Gasteiger charge is 2.48. The second-order valence-corrected chi connectivity index (χ2v) is 10.2. The lowest BCUT2D eigenvalue weighted by Gasteiger charge is -2.15. The summed E-state index contributed by atoms with van der Waals surface area (Å²) >= 11 is 0. The van der Waals surface area contributed by atoms with Gasteiger partial charge < -0.3 is 0 Å². The maximum Gasteiger partial charge on any atom is 0.178 e. The second-order valence-electron chi connectivity index (χ2n) is 6.08. The van der Waals surface area contributed by atoms with Crippen LogP contribution >= 0.6 is 0 Å². The Morgan fingerprint density at radius 2 is 1.60 bits per heavy atom. The van der Waals surface area contributed by atoms with E-state index in [-0.39, 0.29) is 11.5 Å². The molecule has 1 aliphatic carbocycles. The van der Waals surface area contributed by atoms with Crippen LogP contribution in [0.25, 0.3) is 0 Å². The van der Waals surface area contributed by atoms with Crippen LogP contribution in [0, 0.1) is 19.3 Å². The van der Waals surface area contributed by atoms with Crippen molar-refractivity contribution in [2.45, 2.75) is 31.6 Å². The first-order valence-corrected chi connectivity index (χ1v) is 10.2. The molecule has 0 bridgehead atoms. The smallest absolute Gasteiger partial charge is 0.178 e. The largest absolute Gasteiger partial charge is 0.229 e. The lowest BCUT2D eigenvalue weighted by Crippen LogP contribution is -2.25. The second kappa shape index (κ2) is 4.84. The zero-order valence-electron chi connectivity index (χ0n) is 12.0. The third kappa shape index (κ3) is 3.61. The molecule has 1 saturated carbocycles. The molecule has 0 aliphatic heterocycles. The molecule has 0 spiro atoms. The predicted molar refractivity (Wildman–Crippen MR) is 79.3 cm³/mol. The average molecular weight is 316 g/mol. The van der Waals surface area contributed by atoms with Gasteiger partial charge in [-0.1, -0.05) is 6.07 Å². The van der Waals surface area contributed by atoms with Crippen LogP contribution in [-0.2, 0) is 19.7 Å². The van der Waals surface area contributed by atoms with E-state index in [4.69, 9.17) is 0 Å². The van der Waals surface area contributed by atoms with Crippen molar-refractivity contribution in [1.82, 2.24) is 0 Å². The molecule has 0 amide bonds. The fourth-order valence-electron chi connectivity index (χ4n) is 2.46. The molecule has 0 unspecified atom stereocenters. The molecule has 112 valence electrons. The van der Waals surface area contributed by atoms with Crippen molar-refractivity contribution in [3.63, 3.8) is 0 Å². The molecule has 2 rings (SSSR count). The first kappa shape index (κ1) is 15.5. The van der Waals surface area contributed by atoms with Gasteiger partial charge in [-0.25, -0.2) is 16.8 Å². The minimum absolute atomic E-state index is 0.0376. The Hall–Kier alpha value is -0.880. The maximum absolute atomic E-state index is 12.4. The molecule has 1 aromatic carbocycles. The SMILES string of the molecule is Cc1ccc(S(=O)(=O)CC2(CS(C)(=O)=O)CC2)cc1C.